The minimum absolute atomic E-state index is 0.196. The number of allylic oxidation sites excluding steroid dienone is 5. The molecule has 0 spiro atoms. The fraction of sp³-hybridized carbons (Fsp3) is 0.851. The van der Waals surface area contributed by atoms with E-state index in [1.807, 2.05) is 6.08 Å². The Labute approximate surface area is 342 Å². The summed E-state index contributed by atoms with van der Waals surface area (Å²) in [5.41, 5.74) is 0. The van der Waals surface area contributed by atoms with E-state index in [1.165, 1.54) is 122 Å². The van der Waals surface area contributed by atoms with Crippen molar-refractivity contribution in [3.8, 4) is 0 Å². The van der Waals surface area contributed by atoms with Gasteiger partial charge < -0.3 is 40.3 Å². The molecule has 7 atom stereocenters. The molecule has 1 fully saturated rings. The molecular formula is C47H87NO8. The van der Waals surface area contributed by atoms with E-state index in [2.05, 4.69) is 43.5 Å². The maximum absolute atomic E-state index is 12.9. The van der Waals surface area contributed by atoms with Crippen LogP contribution in [0.1, 0.15) is 200 Å². The van der Waals surface area contributed by atoms with Gasteiger partial charge in [0, 0.05) is 6.42 Å². The molecule has 328 valence electrons. The maximum atomic E-state index is 12.9. The van der Waals surface area contributed by atoms with Crippen molar-refractivity contribution in [1.82, 2.24) is 5.32 Å². The third kappa shape index (κ3) is 27.9. The van der Waals surface area contributed by atoms with Crippen LogP contribution in [0.4, 0.5) is 0 Å². The zero-order valence-corrected chi connectivity index (χ0v) is 35.9. The van der Waals surface area contributed by atoms with E-state index in [0.717, 1.165) is 57.8 Å². The van der Waals surface area contributed by atoms with Crippen LogP contribution in [0, 0.1) is 0 Å². The fourth-order valence-electron chi connectivity index (χ4n) is 7.17. The number of nitrogens with one attached hydrogen (secondary N) is 1. The molecule has 1 rings (SSSR count). The van der Waals surface area contributed by atoms with Gasteiger partial charge in [0.2, 0.25) is 5.91 Å². The molecule has 1 aliphatic heterocycles. The van der Waals surface area contributed by atoms with E-state index < -0.39 is 49.5 Å². The predicted molar refractivity (Wildman–Crippen MR) is 230 cm³/mol. The molecule has 56 heavy (non-hydrogen) atoms. The first-order valence-corrected chi connectivity index (χ1v) is 23.2. The summed E-state index contributed by atoms with van der Waals surface area (Å²) in [5, 5.41) is 54.1. The van der Waals surface area contributed by atoms with Gasteiger partial charge in [0.15, 0.2) is 6.29 Å². The summed E-state index contributed by atoms with van der Waals surface area (Å²) in [4.78, 5) is 12.9. The van der Waals surface area contributed by atoms with Gasteiger partial charge in [-0.15, -0.1) is 0 Å². The van der Waals surface area contributed by atoms with Crippen LogP contribution in [0.3, 0.4) is 0 Å². The first-order valence-electron chi connectivity index (χ1n) is 23.2. The Morgan fingerprint density at radius 3 is 1.50 bits per heavy atom. The van der Waals surface area contributed by atoms with Crippen molar-refractivity contribution in [1.29, 1.82) is 0 Å². The maximum Gasteiger partial charge on any atom is 0.220 e. The molecular weight excluding hydrogens is 707 g/mol. The van der Waals surface area contributed by atoms with Crippen LogP contribution in [-0.2, 0) is 14.3 Å². The number of aliphatic hydroxyl groups is 5. The lowest BCUT2D eigenvalue weighted by Gasteiger charge is -2.40. The number of carbonyl (C=O) groups is 1. The molecule has 0 saturated carbocycles. The fourth-order valence-corrected chi connectivity index (χ4v) is 7.17. The lowest BCUT2D eigenvalue weighted by atomic mass is 9.99. The number of carbonyl (C=O) groups excluding carboxylic acids is 1. The molecule has 0 aromatic heterocycles. The van der Waals surface area contributed by atoms with Crippen LogP contribution in [0.5, 0.6) is 0 Å². The normalized spacial score (nSPS) is 21.4. The Hall–Kier alpha value is -1.59. The van der Waals surface area contributed by atoms with E-state index in [1.54, 1.807) is 6.08 Å². The molecule has 0 radical (unpaired) electrons. The highest BCUT2D eigenvalue weighted by Gasteiger charge is 2.44. The average molecular weight is 794 g/mol. The second-order valence-electron chi connectivity index (χ2n) is 16.2. The van der Waals surface area contributed by atoms with Gasteiger partial charge in [0.05, 0.1) is 25.4 Å². The van der Waals surface area contributed by atoms with Gasteiger partial charge in [0.25, 0.3) is 0 Å². The van der Waals surface area contributed by atoms with Crippen LogP contribution >= 0.6 is 0 Å². The van der Waals surface area contributed by atoms with E-state index in [4.69, 9.17) is 9.47 Å². The molecule has 9 heteroatoms. The van der Waals surface area contributed by atoms with E-state index in [-0.39, 0.29) is 12.5 Å². The summed E-state index contributed by atoms with van der Waals surface area (Å²) in [6.45, 7) is 3.75. The SMILES string of the molecule is CCCCCCCCC/C=C\CCCCCCCC(=O)NC(COC1OC(CO)C(O)C(O)C1O)C(O)/C=C/CC/C=C/CCCCCCCCCCCCC. The molecule has 1 aliphatic rings. The standard InChI is InChI=1S/C47H87NO8/c1-3-5-7-9-11-13-15-17-19-21-22-24-26-28-30-32-34-36-41(50)40(39-55-47-46(54)45(53)44(52)42(38-49)56-47)48-43(51)37-35-33-31-29-27-25-23-20-18-16-14-12-10-8-6-4-2/h20,23,26,28,34,36,40-42,44-47,49-50,52-54H,3-19,21-22,24-25,27,29-33,35,37-39H2,1-2H3,(H,48,51)/b23-20-,28-26+,36-34+. The molecule has 1 heterocycles. The number of amides is 1. The summed E-state index contributed by atoms with van der Waals surface area (Å²) in [5.74, 6) is -0.196. The van der Waals surface area contributed by atoms with Crippen LogP contribution in [0.15, 0.2) is 36.5 Å². The van der Waals surface area contributed by atoms with E-state index in [0.29, 0.717) is 6.42 Å². The molecule has 9 nitrogen and oxygen atoms in total. The molecule has 1 saturated heterocycles. The second kappa shape index (κ2) is 37.7. The molecule has 0 aromatic rings. The van der Waals surface area contributed by atoms with Crippen LogP contribution in [-0.4, -0.2) is 87.5 Å². The first-order chi connectivity index (χ1) is 27.3. The zero-order chi connectivity index (χ0) is 40.9. The van der Waals surface area contributed by atoms with Gasteiger partial charge in [-0.1, -0.05) is 172 Å². The minimum atomic E-state index is -1.57. The van der Waals surface area contributed by atoms with Crippen LogP contribution in [0.25, 0.3) is 0 Å². The van der Waals surface area contributed by atoms with Crippen molar-refractivity contribution in [2.45, 2.75) is 243 Å². The summed E-state index contributed by atoms with van der Waals surface area (Å²) in [6, 6.07) is -0.824. The highest BCUT2D eigenvalue weighted by molar-refractivity contribution is 5.76. The summed E-state index contributed by atoms with van der Waals surface area (Å²) >= 11 is 0. The Kier molecular flexibility index (Phi) is 35.3. The van der Waals surface area contributed by atoms with Gasteiger partial charge in [-0.25, -0.2) is 0 Å². The van der Waals surface area contributed by atoms with E-state index in [9.17, 15) is 30.3 Å². The largest absolute Gasteiger partial charge is 0.394 e. The Bertz CT molecular complexity index is 972. The lowest BCUT2D eigenvalue weighted by molar-refractivity contribution is -0.302. The number of hydrogen-bond acceptors (Lipinski definition) is 8. The average Bonchev–Trinajstić information content (AvgIpc) is 3.20. The number of ether oxygens (including phenoxy) is 2. The number of aliphatic hydroxyl groups excluding tert-OH is 5. The first kappa shape index (κ1) is 52.4. The molecule has 0 bridgehead atoms. The summed E-state index contributed by atoms with van der Waals surface area (Å²) in [7, 11) is 0. The van der Waals surface area contributed by atoms with Crippen molar-refractivity contribution >= 4 is 5.91 Å². The minimum Gasteiger partial charge on any atom is -0.394 e. The Balaban J connectivity index is 2.39. The number of rotatable bonds is 38. The van der Waals surface area contributed by atoms with Crippen molar-refractivity contribution in [2.24, 2.45) is 0 Å². The lowest BCUT2D eigenvalue weighted by Crippen LogP contribution is -2.60. The summed E-state index contributed by atoms with van der Waals surface area (Å²) in [6.07, 6.45) is 39.0. The quantitative estimate of drug-likeness (QED) is 0.0268. The third-order valence-electron chi connectivity index (χ3n) is 10.9. The van der Waals surface area contributed by atoms with E-state index >= 15 is 0 Å². The highest BCUT2D eigenvalue weighted by atomic mass is 16.7. The van der Waals surface area contributed by atoms with Crippen LogP contribution < -0.4 is 5.32 Å². The Morgan fingerprint density at radius 2 is 1.02 bits per heavy atom. The molecule has 1 amide bonds. The molecule has 0 aromatic carbocycles. The molecule has 6 N–H and O–H groups in total. The van der Waals surface area contributed by atoms with Crippen molar-refractivity contribution < 1.29 is 39.8 Å². The highest BCUT2D eigenvalue weighted by Crippen LogP contribution is 2.22. The Morgan fingerprint density at radius 1 is 0.589 bits per heavy atom. The zero-order valence-electron chi connectivity index (χ0n) is 35.9. The second-order valence-corrected chi connectivity index (χ2v) is 16.2. The summed E-state index contributed by atoms with van der Waals surface area (Å²) < 4.78 is 11.2. The monoisotopic (exact) mass is 794 g/mol. The van der Waals surface area contributed by atoms with Gasteiger partial charge in [-0.2, -0.15) is 0 Å². The third-order valence-corrected chi connectivity index (χ3v) is 10.9. The van der Waals surface area contributed by atoms with Gasteiger partial charge >= 0.3 is 0 Å². The molecule has 0 aliphatic carbocycles. The topological polar surface area (TPSA) is 149 Å². The number of unbranched alkanes of at least 4 members (excludes halogenated alkanes) is 24. The van der Waals surface area contributed by atoms with Gasteiger partial charge in [0.1, 0.15) is 24.4 Å². The van der Waals surface area contributed by atoms with Crippen LogP contribution in [0.2, 0.25) is 0 Å². The predicted octanol–water partition coefficient (Wildman–Crippen LogP) is 9.67. The smallest absolute Gasteiger partial charge is 0.220 e. The van der Waals surface area contributed by atoms with Crippen molar-refractivity contribution in [2.75, 3.05) is 13.2 Å². The van der Waals surface area contributed by atoms with Gasteiger partial charge in [-0.05, 0) is 57.8 Å². The van der Waals surface area contributed by atoms with Crippen molar-refractivity contribution in [3.05, 3.63) is 36.5 Å². The van der Waals surface area contributed by atoms with Crippen molar-refractivity contribution in [3.63, 3.8) is 0 Å². The molecule has 7 unspecified atom stereocenters. The van der Waals surface area contributed by atoms with Gasteiger partial charge in [-0.3, -0.25) is 4.79 Å². The number of hydrogen-bond donors (Lipinski definition) is 6.